The molecule has 0 aromatic rings. The van der Waals surface area contributed by atoms with E-state index in [9.17, 15) is 30.6 Å². The molecule has 0 aromatic carbocycles. The number of aliphatic hydroxyl groups excluding tert-OH is 8. The zero-order valence-electron chi connectivity index (χ0n) is 23.6. The standard InChI is InChI=1S/C24H47N3O16/c25-13-18(33)20(11(39-22(13)35)8-37-5-2-29)42-24-15(27)19(34)21(12(41-24)9-38-6-3-30)43-23-14(26)17(32)16(31)10(40-23)7-36-4-1-28/h10-24,28-35H,1-9,25-27H2/t10-,11-,12-,13-,14-,15-,16-,17-,18-,19-,20-,21-,22-,23+,24+/m1/s1. The van der Waals surface area contributed by atoms with Crippen LogP contribution >= 0.6 is 0 Å². The summed E-state index contributed by atoms with van der Waals surface area (Å²) in [6, 6.07) is -3.88. The Morgan fingerprint density at radius 2 is 0.884 bits per heavy atom. The maximum absolute atomic E-state index is 11.3. The first kappa shape index (κ1) is 36.7. The zero-order valence-corrected chi connectivity index (χ0v) is 23.6. The predicted molar refractivity (Wildman–Crippen MR) is 140 cm³/mol. The largest absolute Gasteiger partial charge is 0.394 e. The van der Waals surface area contributed by atoms with Gasteiger partial charge in [-0.15, -0.1) is 0 Å². The van der Waals surface area contributed by atoms with Gasteiger partial charge in [0, 0.05) is 0 Å². The van der Waals surface area contributed by atoms with Gasteiger partial charge in [0.2, 0.25) is 0 Å². The lowest BCUT2D eigenvalue weighted by atomic mass is 9.94. The number of aliphatic hydroxyl groups is 8. The Balaban J connectivity index is 1.77. The van der Waals surface area contributed by atoms with Crippen molar-refractivity contribution in [3.05, 3.63) is 0 Å². The highest BCUT2D eigenvalue weighted by atomic mass is 16.7. The molecule has 14 N–H and O–H groups in total. The highest BCUT2D eigenvalue weighted by Crippen LogP contribution is 2.31. The SMILES string of the molecule is N[C@@H]1[C@@H](O)[C@H](O[C@@H]2O[C@H](COCCO)[C@@H](O[C@@H]3O[C@H](COCCO)[C@@H](O)[C@H](O)[C@H]3N)[C@H](O)[C@H]2N)[C@@H](COCCO)O[C@H]1O. The van der Waals surface area contributed by atoms with Gasteiger partial charge in [-0.05, 0) is 0 Å². The van der Waals surface area contributed by atoms with Crippen LogP contribution in [0.5, 0.6) is 0 Å². The van der Waals surface area contributed by atoms with Crippen LogP contribution in [0.2, 0.25) is 0 Å². The highest BCUT2D eigenvalue weighted by Gasteiger charge is 2.52. The molecule has 3 saturated heterocycles. The van der Waals surface area contributed by atoms with E-state index in [-0.39, 0.29) is 59.5 Å². The third-order valence-electron chi connectivity index (χ3n) is 7.35. The summed E-state index contributed by atoms with van der Waals surface area (Å²) in [6.45, 7) is -1.76. The van der Waals surface area contributed by atoms with Crippen molar-refractivity contribution in [1.82, 2.24) is 0 Å². The molecule has 15 atom stereocenters. The Morgan fingerprint density at radius 3 is 1.37 bits per heavy atom. The predicted octanol–water partition coefficient (Wildman–Crippen LogP) is -7.62. The van der Waals surface area contributed by atoms with Crippen LogP contribution in [0, 0.1) is 0 Å². The second-order valence-corrected chi connectivity index (χ2v) is 10.4. The molecule has 0 saturated carbocycles. The molecule has 254 valence electrons. The quantitative estimate of drug-likeness (QED) is 0.0703. The lowest BCUT2D eigenvalue weighted by Crippen LogP contribution is -2.69. The molecular weight excluding hydrogens is 586 g/mol. The molecule has 0 aromatic heterocycles. The molecule has 0 radical (unpaired) electrons. The van der Waals surface area contributed by atoms with E-state index >= 15 is 0 Å². The van der Waals surface area contributed by atoms with Crippen LogP contribution in [-0.2, 0) is 37.9 Å². The summed E-state index contributed by atoms with van der Waals surface area (Å²) in [4.78, 5) is 0. The minimum Gasteiger partial charge on any atom is -0.394 e. The molecule has 0 unspecified atom stereocenters. The highest BCUT2D eigenvalue weighted by molar-refractivity contribution is 4.98. The number of ether oxygens (including phenoxy) is 8. The Hall–Kier alpha value is -0.760. The molecule has 3 fully saturated rings. The lowest BCUT2D eigenvalue weighted by Gasteiger charge is -2.49. The summed E-state index contributed by atoms with van der Waals surface area (Å²) in [5.74, 6) is 0. The average Bonchev–Trinajstić information content (AvgIpc) is 2.99. The summed E-state index contributed by atoms with van der Waals surface area (Å²) in [5.41, 5.74) is 18.2. The van der Waals surface area contributed by atoms with Gasteiger partial charge in [0.1, 0.15) is 54.9 Å². The van der Waals surface area contributed by atoms with Gasteiger partial charge >= 0.3 is 0 Å². The van der Waals surface area contributed by atoms with Gasteiger partial charge in [-0.3, -0.25) is 0 Å². The number of rotatable bonds is 16. The van der Waals surface area contributed by atoms with Crippen LogP contribution in [0.4, 0.5) is 0 Å². The van der Waals surface area contributed by atoms with E-state index in [0.717, 1.165) is 0 Å². The first-order valence-electron chi connectivity index (χ1n) is 14.1. The van der Waals surface area contributed by atoms with Crippen LogP contribution in [0.1, 0.15) is 0 Å². The Bertz CT molecular complexity index is 793. The number of hydrogen-bond acceptors (Lipinski definition) is 19. The summed E-state index contributed by atoms with van der Waals surface area (Å²) in [6.07, 6.45) is -16.2. The minimum atomic E-state index is -1.55. The Labute approximate surface area is 247 Å². The van der Waals surface area contributed by atoms with E-state index in [0.29, 0.717) is 0 Å². The van der Waals surface area contributed by atoms with Gasteiger partial charge in [-0.25, -0.2) is 0 Å². The van der Waals surface area contributed by atoms with Crippen molar-refractivity contribution in [2.75, 3.05) is 59.5 Å². The minimum absolute atomic E-state index is 0.0467. The van der Waals surface area contributed by atoms with E-state index in [4.69, 9.17) is 65.3 Å². The van der Waals surface area contributed by atoms with E-state index in [1.165, 1.54) is 0 Å². The Morgan fingerprint density at radius 1 is 0.488 bits per heavy atom. The van der Waals surface area contributed by atoms with E-state index < -0.39 is 91.9 Å². The van der Waals surface area contributed by atoms with Crippen LogP contribution < -0.4 is 17.2 Å². The summed E-state index contributed by atoms with van der Waals surface area (Å²) in [5, 5.41) is 80.1. The second kappa shape index (κ2) is 17.8. The summed E-state index contributed by atoms with van der Waals surface area (Å²) in [7, 11) is 0. The maximum Gasteiger partial charge on any atom is 0.176 e. The summed E-state index contributed by atoms with van der Waals surface area (Å²) < 4.78 is 45.0. The van der Waals surface area contributed by atoms with Crippen molar-refractivity contribution in [2.24, 2.45) is 17.2 Å². The smallest absolute Gasteiger partial charge is 0.176 e. The number of hydrogen-bond donors (Lipinski definition) is 11. The average molecular weight is 634 g/mol. The van der Waals surface area contributed by atoms with Crippen molar-refractivity contribution in [2.45, 2.75) is 91.9 Å². The fourth-order valence-corrected chi connectivity index (χ4v) is 4.94. The molecule has 0 aliphatic carbocycles. The van der Waals surface area contributed by atoms with E-state index in [2.05, 4.69) is 0 Å². The molecule has 3 aliphatic rings. The topological polar surface area (TPSA) is 314 Å². The molecule has 3 heterocycles. The van der Waals surface area contributed by atoms with Crippen LogP contribution in [0.3, 0.4) is 0 Å². The second-order valence-electron chi connectivity index (χ2n) is 10.4. The van der Waals surface area contributed by atoms with Crippen LogP contribution in [0.25, 0.3) is 0 Å². The van der Waals surface area contributed by atoms with E-state index in [1.54, 1.807) is 0 Å². The van der Waals surface area contributed by atoms with Gasteiger partial charge in [0.15, 0.2) is 18.9 Å². The molecule has 0 amide bonds. The molecule has 43 heavy (non-hydrogen) atoms. The Kier molecular flexibility index (Phi) is 15.2. The van der Waals surface area contributed by atoms with Crippen molar-refractivity contribution in [1.29, 1.82) is 0 Å². The lowest BCUT2D eigenvalue weighted by molar-refractivity contribution is -0.349. The third kappa shape index (κ3) is 9.39. The first-order valence-corrected chi connectivity index (χ1v) is 14.1. The molecule has 19 nitrogen and oxygen atoms in total. The molecule has 3 aliphatic heterocycles. The van der Waals surface area contributed by atoms with Crippen LogP contribution in [0.15, 0.2) is 0 Å². The molecule has 19 heteroatoms. The van der Waals surface area contributed by atoms with Gasteiger partial charge in [0.05, 0.1) is 77.6 Å². The van der Waals surface area contributed by atoms with Gasteiger partial charge < -0.3 is 95.9 Å². The van der Waals surface area contributed by atoms with Crippen molar-refractivity contribution < 1.29 is 78.7 Å². The van der Waals surface area contributed by atoms with Crippen molar-refractivity contribution >= 4 is 0 Å². The molecular formula is C24H47N3O16. The van der Waals surface area contributed by atoms with Crippen molar-refractivity contribution in [3.8, 4) is 0 Å². The van der Waals surface area contributed by atoms with Gasteiger partial charge in [-0.1, -0.05) is 0 Å². The third-order valence-corrected chi connectivity index (χ3v) is 7.35. The van der Waals surface area contributed by atoms with Gasteiger partial charge in [0.25, 0.3) is 0 Å². The molecule has 0 spiro atoms. The number of nitrogens with two attached hydrogens (primary N) is 3. The zero-order chi connectivity index (χ0) is 31.7. The molecule has 0 bridgehead atoms. The normalized spacial score (nSPS) is 44.0. The van der Waals surface area contributed by atoms with E-state index in [1.807, 2.05) is 0 Å². The van der Waals surface area contributed by atoms with Crippen molar-refractivity contribution in [3.63, 3.8) is 0 Å². The maximum atomic E-state index is 11.3. The first-order chi connectivity index (χ1) is 20.5. The monoisotopic (exact) mass is 633 g/mol. The fourth-order valence-electron chi connectivity index (χ4n) is 4.94. The fraction of sp³-hybridized carbons (Fsp3) is 1.00. The summed E-state index contributed by atoms with van der Waals surface area (Å²) >= 11 is 0. The van der Waals surface area contributed by atoms with Crippen LogP contribution in [-0.4, -0.2) is 192 Å². The van der Waals surface area contributed by atoms with Gasteiger partial charge in [-0.2, -0.15) is 0 Å². The molecule has 3 rings (SSSR count).